The smallest absolute Gasteiger partial charge is 0.378 e. The Balaban J connectivity index is 1.85. The average Bonchev–Trinajstić information content (AvgIpc) is 3.35. The second-order valence-corrected chi connectivity index (χ2v) is 6.77. The number of alkyl halides is 4. The van der Waals surface area contributed by atoms with Gasteiger partial charge in [0.2, 0.25) is 12.5 Å². The third-order valence-corrected chi connectivity index (χ3v) is 4.37. The number of benzene rings is 1. The van der Waals surface area contributed by atoms with Gasteiger partial charge in [-0.25, -0.2) is 9.37 Å². The van der Waals surface area contributed by atoms with Crippen LogP contribution in [0.25, 0.3) is 0 Å². The molecule has 2 aromatic rings. The summed E-state index contributed by atoms with van der Waals surface area (Å²) in [7, 11) is 1.39. The summed E-state index contributed by atoms with van der Waals surface area (Å²) in [6.45, 7) is 0.559. The molecular formula is C18H20F4N7O+. The Kier molecular flexibility index (Phi) is 6.13. The fourth-order valence-electron chi connectivity index (χ4n) is 2.70. The quantitative estimate of drug-likeness (QED) is 0.278. The third-order valence-electron chi connectivity index (χ3n) is 4.37. The van der Waals surface area contributed by atoms with Crippen molar-refractivity contribution in [1.82, 2.24) is 9.97 Å². The van der Waals surface area contributed by atoms with Gasteiger partial charge in [0.1, 0.15) is 17.6 Å². The maximum absolute atomic E-state index is 13.2. The lowest BCUT2D eigenvalue weighted by molar-refractivity contribution is -0.515. The molecule has 0 radical (unpaired) electrons. The molecule has 1 aromatic heterocycles. The summed E-state index contributed by atoms with van der Waals surface area (Å²) < 4.78 is 53.6. The minimum absolute atomic E-state index is 0.119. The highest BCUT2D eigenvalue weighted by atomic mass is 19.4. The van der Waals surface area contributed by atoms with Crippen molar-refractivity contribution >= 4 is 29.4 Å². The van der Waals surface area contributed by atoms with Crippen molar-refractivity contribution in [2.45, 2.75) is 24.8 Å². The zero-order valence-corrected chi connectivity index (χ0v) is 15.9. The van der Waals surface area contributed by atoms with Gasteiger partial charge in [-0.05, 0) is 16.9 Å². The first-order valence-corrected chi connectivity index (χ1v) is 9.06. The number of nitrogens with one attached hydrogen (secondary N) is 4. The molecule has 12 heteroatoms. The van der Waals surface area contributed by atoms with Crippen molar-refractivity contribution in [1.29, 1.82) is 5.41 Å². The number of halogens is 4. The number of nitroso groups, excluding NO2 is 1. The van der Waals surface area contributed by atoms with Gasteiger partial charge in [0.15, 0.2) is 7.05 Å². The highest BCUT2D eigenvalue weighted by molar-refractivity contribution is 5.94. The number of anilines is 4. The molecule has 1 saturated carbocycles. The fraction of sp³-hybridized carbons (Fsp3) is 0.389. The van der Waals surface area contributed by atoms with Crippen LogP contribution in [0.2, 0.25) is 0 Å². The van der Waals surface area contributed by atoms with E-state index >= 15 is 0 Å². The number of hydrogen-bond donors (Lipinski definition) is 4. The summed E-state index contributed by atoms with van der Waals surface area (Å²) in [5.74, 6) is -0.643. The zero-order valence-electron chi connectivity index (χ0n) is 15.9. The molecule has 0 aliphatic heterocycles. The van der Waals surface area contributed by atoms with Gasteiger partial charge in [-0.2, -0.15) is 18.2 Å². The molecule has 0 saturated heterocycles. The molecule has 0 bridgehead atoms. The van der Waals surface area contributed by atoms with Crippen molar-refractivity contribution in [2.75, 3.05) is 36.1 Å². The Hall–Kier alpha value is -3.31. The van der Waals surface area contributed by atoms with Crippen LogP contribution < -0.4 is 16.0 Å². The minimum Gasteiger partial charge on any atom is -0.378 e. The SMILES string of the molecule is C[N+](=O)CCNc1cccc(Nc2ncc(C(F)(F)F)c(N[C@H]3C[C@H]3F)n2)c1C=N. The van der Waals surface area contributed by atoms with Crippen LogP contribution in [0.15, 0.2) is 24.4 Å². The van der Waals surface area contributed by atoms with E-state index in [0.29, 0.717) is 29.7 Å². The molecule has 0 amide bonds. The van der Waals surface area contributed by atoms with Crippen LogP contribution in [0.1, 0.15) is 17.5 Å². The molecule has 1 aliphatic carbocycles. The Morgan fingerprint density at radius 2 is 2.03 bits per heavy atom. The van der Waals surface area contributed by atoms with E-state index in [1.165, 1.54) is 7.05 Å². The number of likely N-dealkylation sites (N-methyl/N-ethyl adjacent to an activating group) is 1. The van der Waals surface area contributed by atoms with E-state index in [1.807, 2.05) is 0 Å². The number of aromatic nitrogens is 2. The van der Waals surface area contributed by atoms with E-state index in [-0.39, 0.29) is 18.9 Å². The molecule has 1 heterocycles. The lowest BCUT2D eigenvalue weighted by Gasteiger charge is -2.16. The van der Waals surface area contributed by atoms with E-state index in [1.54, 1.807) is 18.2 Å². The molecular weight excluding hydrogens is 406 g/mol. The van der Waals surface area contributed by atoms with Gasteiger partial charge in [-0.3, -0.25) is 0 Å². The van der Waals surface area contributed by atoms with Crippen LogP contribution in [0.4, 0.5) is 40.7 Å². The first kappa shape index (κ1) is 21.4. The van der Waals surface area contributed by atoms with Crippen LogP contribution in [0.5, 0.6) is 0 Å². The van der Waals surface area contributed by atoms with Crippen molar-refractivity contribution in [2.24, 2.45) is 0 Å². The zero-order chi connectivity index (χ0) is 21.9. The van der Waals surface area contributed by atoms with Gasteiger partial charge in [0.25, 0.3) is 0 Å². The topological polar surface area (TPSA) is 106 Å². The summed E-state index contributed by atoms with van der Waals surface area (Å²) in [6, 6.07) is 4.26. The van der Waals surface area contributed by atoms with E-state index in [9.17, 15) is 22.5 Å². The third kappa shape index (κ3) is 5.19. The van der Waals surface area contributed by atoms with Gasteiger partial charge in [0, 0.05) is 35.0 Å². The van der Waals surface area contributed by atoms with Gasteiger partial charge in [0.05, 0.1) is 18.3 Å². The van der Waals surface area contributed by atoms with E-state index in [2.05, 4.69) is 25.9 Å². The number of rotatable bonds is 9. The van der Waals surface area contributed by atoms with E-state index in [0.717, 1.165) is 11.0 Å². The lowest BCUT2D eigenvalue weighted by atomic mass is 10.1. The van der Waals surface area contributed by atoms with Crippen LogP contribution in [0.3, 0.4) is 0 Å². The molecule has 0 unspecified atom stereocenters. The summed E-state index contributed by atoms with van der Waals surface area (Å²) >= 11 is 0. The molecule has 3 rings (SSSR count). The Bertz CT molecular complexity index is 951. The second kappa shape index (κ2) is 8.59. The largest absolute Gasteiger partial charge is 0.421 e. The van der Waals surface area contributed by atoms with Crippen molar-refractivity contribution in [3.63, 3.8) is 0 Å². The van der Waals surface area contributed by atoms with Crippen molar-refractivity contribution in [3.05, 3.63) is 40.4 Å². The van der Waals surface area contributed by atoms with Crippen molar-refractivity contribution in [3.8, 4) is 0 Å². The fourth-order valence-corrected chi connectivity index (χ4v) is 2.70. The van der Waals surface area contributed by atoms with Crippen LogP contribution in [-0.4, -0.2) is 53.3 Å². The summed E-state index contributed by atoms with van der Waals surface area (Å²) in [4.78, 5) is 18.6. The van der Waals surface area contributed by atoms with Crippen LogP contribution >= 0.6 is 0 Å². The standard InChI is InChI=1S/C18H20F4N7O/c1-29(30)6-5-24-13-3-2-4-14(10(13)8-23)27-17-25-9-11(18(20,21)22)16(28-17)26-15-7-12(15)19/h2-4,8-9,12,15,23-24H,5-7H2,1H3,(H2,25,26,27,28)/q+1/t12-,15+/m1/s1. The average molecular weight is 426 g/mol. The Morgan fingerprint density at radius 3 is 2.63 bits per heavy atom. The summed E-state index contributed by atoms with van der Waals surface area (Å²) in [5, 5.41) is 16.0. The Morgan fingerprint density at radius 1 is 1.33 bits per heavy atom. The molecule has 160 valence electrons. The molecule has 8 nitrogen and oxygen atoms in total. The molecule has 30 heavy (non-hydrogen) atoms. The van der Waals surface area contributed by atoms with E-state index in [4.69, 9.17) is 5.41 Å². The monoisotopic (exact) mass is 426 g/mol. The molecule has 1 aliphatic rings. The molecule has 0 spiro atoms. The highest BCUT2D eigenvalue weighted by Crippen LogP contribution is 2.37. The van der Waals surface area contributed by atoms with Gasteiger partial charge in [-0.1, -0.05) is 6.07 Å². The molecule has 2 atom stereocenters. The Labute approximate surface area is 169 Å². The molecule has 1 fully saturated rings. The maximum atomic E-state index is 13.2. The van der Waals surface area contributed by atoms with Crippen molar-refractivity contribution < 1.29 is 22.3 Å². The maximum Gasteiger partial charge on any atom is 0.421 e. The van der Waals surface area contributed by atoms with Gasteiger partial charge >= 0.3 is 6.18 Å². The first-order valence-electron chi connectivity index (χ1n) is 9.06. The highest BCUT2D eigenvalue weighted by Gasteiger charge is 2.41. The lowest BCUT2D eigenvalue weighted by Crippen LogP contribution is -2.17. The minimum atomic E-state index is -4.69. The van der Waals surface area contributed by atoms with Crippen LogP contribution in [-0.2, 0) is 6.18 Å². The first-order chi connectivity index (χ1) is 14.2. The second-order valence-electron chi connectivity index (χ2n) is 6.77. The number of hydrogen-bond acceptors (Lipinski definition) is 7. The molecule has 1 aromatic carbocycles. The predicted octanol–water partition coefficient (Wildman–Crippen LogP) is 3.58. The van der Waals surface area contributed by atoms with Crippen LogP contribution in [0, 0.1) is 10.3 Å². The summed E-state index contributed by atoms with van der Waals surface area (Å²) in [6.07, 6.45) is -4.09. The predicted molar refractivity (Wildman–Crippen MR) is 104 cm³/mol. The van der Waals surface area contributed by atoms with E-state index < -0.39 is 29.8 Å². The van der Waals surface area contributed by atoms with Gasteiger partial charge in [-0.15, -0.1) is 0 Å². The summed E-state index contributed by atoms with van der Waals surface area (Å²) in [5.41, 5.74) is 0.262. The van der Waals surface area contributed by atoms with Gasteiger partial charge < -0.3 is 21.4 Å². The molecule has 4 N–H and O–H groups in total. The normalized spacial score (nSPS) is 17.9. The number of nitrogens with zero attached hydrogens (tertiary/aromatic N) is 3.